The summed E-state index contributed by atoms with van der Waals surface area (Å²) in [5.41, 5.74) is 0.594. The maximum Gasteiger partial charge on any atom is 0.319 e. The molecule has 0 atom stereocenters. The quantitative estimate of drug-likeness (QED) is 0.707. The second kappa shape index (κ2) is 4.39. The van der Waals surface area contributed by atoms with E-state index in [0.29, 0.717) is 5.69 Å². The second-order valence-electron chi connectivity index (χ2n) is 2.45. The number of urea groups is 1. The molecule has 70 valence electrons. The highest BCUT2D eigenvalue weighted by Gasteiger charge is 1.98. The van der Waals surface area contributed by atoms with Crippen LogP contribution in [0.2, 0.25) is 0 Å². The van der Waals surface area contributed by atoms with E-state index in [9.17, 15) is 4.79 Å². The summed E-state index contributed by atoms with van der Waals surface area (Å²) >= 11 is 0. The molecule has 0 saturated heterocycles. The summed E-state index contributed by atoms with van der Waals surface area (Å²) in [7, 11) is 1.55. The van der Waals surface area contributed by atoms with Crippen LogP contribution in [0.15, 0.2) is 12.4 Å². The Kier molecular flexibility index (Phi) is 3.19. The van der Waals surface area contributed by atoms with Gasteiger partial charge in [0.05, 0.1) is 18.1 Å². The lowest BCUT2D eigenvalue weighted by atomic mass is 10.4. The number of anilines is 1. The van der Waals surface area contributed by atoms with Gasteiger partial charge >= 0.3 is 6.03 Å². The molecule has 0 aromatic carbocycles. The first-order chi connectivity index (χ1) is 6.26. The van der Waals surface area contributed by atoms with Crippen molar-refractivity contribution in [3.8, 4) is 0 Å². The van der Waals surface area contributed by atoms with Crippen LogP contribution in [-0.4, -0.2) is 23.0 Å². The fraction of sp³-hybridized carbons (Fsp3) is 0.375. The smallest absolute Gasteiger partial charge is 0.319 e. The van der Waals surface area contributed by atoms with Gasteiger partial charge in [-0.2, -0.15) is 0 Å². The van der Waals surface area contributed by atoms with Crippen molar-refractivity contribution >= 4 is 11.7 Å². The highest BCUT2D eigenvalue weighted by Crippen LogP contribution is 2.02. The van der Waals surface area contributed by atoms with E-state index >= 15 is 0 Å². The molecule has 0 aliphatic rings. The molecular weight excluding hydrogens is 168 g/mol. The molecule has 0 unspecified atom stereocenters. The lowest BCUT2D eigenvalue weighted by Crippen LogP contribution is -2.24. The predicted octanol–water partition coefficient (Wildman–Crippen LogP) is 0.790. The van der Waals surface area contributed by atoms with E-state index in [0.717, 1.165) is 12.2 Å². The lowest BCUT2D eigenvalue weighted by Gasteiger charge is -2.02. The molecule has 0 spiro atoms. The van der Waals surface area contributed by atoms with E-state index in [-0.39, 0.29) is 6.03 Å². The fourth-order valence-electron chi connectivity index (χ4n) is 0.795. The van der Waals surface area contributed by atoms with Crippen molar-refractivity contribution in [1.82, 2.24) is 15.3 Å². The molecule has 0 aliphatic heterocycles. The third kappa shape index (κ3) is 2.70. The van der Waals surface area contributed by atoms with Crippen molar-refractivity contribution in [3.05, 3.63) is 18.2 Å². The van der Waals surface area contributed by atoms with Crippen LogP contribution in [0.5, 0.6) is 0 Å². The number of carbonyl (C=O) groups is 1. The summed E-state index contributed by atoms with van der Waals surface area (Å²) < 4.78 is 0. The predicted molar refractivity (Wildman–Crippen MR) is 49.5 cm³/mol. The van der Waals surface area contributed by atoms with Crippen molar-refractivity contribution in [2.24, 2.45) is 0 Å². The van der Waals surface area contributed by atoms with Gasteiger partial charge in [-0.15, -0.1) is 0 Å². The highest BCUT2D eigenvalue weighted by molar-refractivity contribution is 5.88. The summed E-state index contributed by atoms with van der Waals surface area (Å²) in [4.78, 5) is 18.9. The van der Waals surface area contributed by atoms with E-state index in [4.69, 9.17) is 0 Å². The minimum atomic E-state index is -0.271. The first-order valence-corrected chi connectivity index (χ1v) is 4.06. The molecule has 2 amide bonds. The van der Waals surface area contributed by atoms with Crippen LogP contribution in [-0.2, 0) is 6.42 Å². The van der Waals surface area contributed by atoms with E-state index < -0.39 is 0 Å². The van der Waals surface area contributed by atoms with Crippen molar-refractivity contribution < 1.29 is 4.79 Å². The van der Waals surface area contributed by atoms with Gasteiger partial charge in [-0.1, -0.05) is 6.92 Å². The molecule has 0 fully saturated rings. The standard InChI is InChI=1S/C8H12N4O/c1-3-7-10-4-6(5-11-7)12-8(13)9-2/h4-5H,3H2,1-2H3,(H2,9,12,13). The fourth-order valence-corrected chi connectivity index (χ4v) is 0.795. The summed E-state index contributed by atoms with van der Waals surface area (Å²) in [6, 6.07) is -0.271. The monoisotopic (exact) mass is 180 g/mol. The Balaban J connectivity index is 2.64. The van der Waals surface area contributed by atoms with E-state index in [1.807, 2.05) is 6.92 Å². The van der Waals surface area contributed by atoms with Gasteiger partial charge < -0.3 is 10.6 Å². The Morgan fingerprint density at radius 1 is 1.46 bits per heavy atom. The topological polar surface area (TPSA) is 66.9 Å². The zero-order valence-electron chi connectivity index (χ0n) is 7.66. The summed E-state index contributed by atoms with van der Waals surface area (Å²) in [5.74, 6) is 0.766. The Labute approximate surface area is 76.6 Å². The van der Waals surface area contributed by atoms with Crippen molar-refractivity contribution in [3.63, 3.8) is 0 Å². The molecule has 0 radical (unpaired) electrons. The number of nitrogens with one attached hydrogen (secondary N) is 2. The third-order valence-corrected chi connectivity index (χ3v) is 1.51. The first-order valence-electron chi connectivity index (χ1n) is 4.06. The maximum atomic E-state index is 10.9. The van der Waals surface area contributed by atoms with Crippen molar-refractivity contribution in [2.75, 3.05) is 12.4 Å². The van der Waals surface area contributed by atoms with Crippen LogP contribution in [0.3, 0.4) is 0 Å². The van der Waals surface area contributed by atoms with Gasteiger partial charge in [-0.05, 0) is 0 Å². The lowest BCUT2D eigenvalue weighted by molar-refractivity contribution is 0.254. The van der Waals surface area contributed by atoms with Crippen molar-refractivity contribution in [1.29, 1.82) is 0 Å². The van der Waals surface area contributed by atoms with Gasteiger partial charge in [0.2, 0.25) is 0 Å². The maximum absolute atomic E-state index is 10.9. The Bertz CT molecular complexity index is 283. The molecule has 13 heavy (non-hydrogen) atoms. The van der Waals surface area contributed by atoms with Crippen molar-refractivity contribution in [2.45, 2.75) is 13.3 Å². The zero-order chi connectivity index (χ0) is 9.68. The number of hydrogen-bond donors (Lipinski definition) is 2. The average Bonchev–Trinajstić information content (AvgIpc) is 2.19. The minimum Gasteiger partial charge on any atom is -0.341 e. The SMILES string of the molecule is CCc1ncc(NC(=O)NC)cn1. The van der Waals surface area contributed by atoms with Crippen LogP contribution in [0.25, 0.3) is 0 Å². The molecule has 5 nitrogen and oxygen atoms in total. The summed E-state index contributed by atoms with van der Waals surface area (Å²) in [6.45, 7) is 1.97. The Morgan fingerprint density at radius 3 is 2.54 bits per heavy atom. The molecule has 1 aromatic rings. The molecule has 5 heteroatoms. The van der Waals surface area contributed by atoms with E-state index in [2.05, 4.69) is 20.6 Å². The molecule has 1 heterocycles. The molecule has 0 saturated carbocycles. The molecule has 1 aromatic heterocycles. The van der Waals surface area contributed by atoms with Gasteiger partial charge in [-0.3, -0.25) is 0 Å². The number of aromatic nitrogens is 2. The highest BCUT2D eigenvalue weighted by atomic mass is 16.2. The summed E-state index contributed by atoms with van der Waals surface area (Å²) in [5, 5.41) is 5.00. The molecule has 0 aliphatic carbocycles. The van der Waals surface area contributed by atoms with E-state index in [1.165, 1.54) is 0 Å². The van der Waals surface area contributed by atoms with Crippen LogP contribution in [0, 0.1) is 0 Å². The number of nitrogens with zero attached hydrogens (tertiary/aromatic N) is 2. The second-order valence-corrected chi connectivity index (χ2v) is 2.45. The van der Waals surface area contributed by atoms with Gasteiger partial charge in [0, 0.05) is 13.5 Å². The average molecular weight is 180 g/mol. The minimum absolute atomic E-state index is 0.271. The number of hydrogen-bond acceptors (Lipinski definition) is 3. The van der Waals surface area contributed by atoms with E-state index in [1.54, 1.807) is 19.4 Å². The van der Waals surface area contributed by atoms with Crippen LogP contribution >= 0.6 is 0 Å². The first kappa shape index (κ1) is 9.44. The summed E-state index contributed by atoms with van der Waals surface area (Å²) in [6.07, 6.45) is 3.96. The van der Waals surface area contributed by atoms with Gasteiger partial charge in [0.1, 0.15) is 5.82 Å². The number of carbonyl (C=O) groups excluding carboxylic acids is 1. The van der Waals surface area contributed by atoms with Gasteiger partial charge in [0.15, 0.2) is 0 Å². The van der Waals surface area contributed by atoms with Gasteiger partial charge in [0.25, 0.3) is 0 Å². The normalized spacial score (nSPS) is 9.38. The van der Waals surface area contributed by atoms with Crippen LogP contribution < -0.4 is 10.6 Å². The Hall–Kier alpha value is -1.65. The Morgan fingerprint density at radius 2 is 2.08 bits per heavy atom. The van der Waals surface area contributed by atoms with Crippen LogP contribution in [0.4, 0.5) is 10.5 Å². The molecule has 0 bridgehead atoms. The molecule has 2 N–H and O–H groups in total. The number of aryl methyl sites for hydroxylation is 1. The third-order valence-electron chi connectivity index (χ3n) is 1.51. The van der Waals surface area contributed by atoms with Gasteiger partial charge in [-0.25, -0.2) is 14.8 Å². The molecule has 1 rings (SSSR count). The number of amides is 2. The molecular formula is C8H12N4O. The zero-order valence-corrected chi connectivity index (χ0v) is 7.66. The largest absolute Gasteiger partial charge is 0.341 e. The van der Waals surface area contributed by atoms with Crippen LogP contribution in [0.1, 0.15) is 12.7 Å². The number of rotatable bonds is 2.